The van der Waals surface area contributed by atoms with Gasteiger partial charge in [0.2, 0.25) is 0 Å². The van der Waals surface area contributed by atoms with Crippen molar-refractivity contribution in [3.8, 4) is 0 Å². The van der Waals surface area contributed by atoms with Gasteiger partial charge in [0, 0.05) is 12.3 Å². The van der Waals surface area contributed by atoms with Crippen molar-refractivity contribution in [2.24, 2.45) is 35.0 Å². The van der Waals surface area contributed by atoms with Crippen LogP contribution >= 0.6 is 0 Å². The molecule has 6 nitrogen and oxygen atoms in total. The first kappa shape index (κ1) is 22.5. The van der Waals surface area contributed by atoms with Crippen molar-refractivity contribution >= 4 is 11.9 Å². The molecular weight excluding hydrogens is 432 g/mol. The van der Waals surface area contributed by atoms with Gasteiger partial charge in [-0.15, -0.1) is 0 Å². The van der Waals surface area contributed by atoms with Gasteiger partial charge < -0.3 is 19.3 Å². The number of hydrogen-bond acceptors (Lipinski definition) is 6. The number of allylic oxidation sites excluding steroid dienone is 1. The Hall–Kier alpha value is -1.92. The largest absolute Gasteiger partial charge is 0.458 e. The van der Waals surface area contributed by atoms with Crippen LogP contribution in [0.25, 0.3) is 0 Å². The molecule has 2 saturated carbocycles. The van der Waals surface area contributed by atoms with Gasteiger partial charge in [0.25, 0.3) is 0 Å². The summed E-state index contributed by atoms with van der Waals surface area (Å²) in [6.45, 7) is 10.8. The fourth-order valence-corrected chi connectivity index (χ4v) is 8.68. The van der Waals surface area contributed by atoms with Crippen LogP contribution in [0.3, 0.4) is 0 Å². The number of esters is 2. The number of carbonyl (C=O) groups excluding carboxylic acids is 2. The third-order valence-electron chi connectivity index (χ3n) is 10.6. The highest BCUT2D eigenvalue weighted by Gasteiger charge is 2.63. The molecule has 2 saturated heterocycles. The van der Waals surface area contributed by atoms with E-state index in [-0.39, 0.29) is 41.4 Å². The second-order valence-corrected chi connectivity index (χ2v) is 12.0. The van der Waals surface area contributed by atoms with E-state index in [1.165, 1.54) is 5.57 Å². The zero-order valence-corrected chi connectivity index (χ0v) is 20.4. The highest BCUT2D eigenvalue weighted by atomic mass is 16.6. The van der Waals surface area contributed by atoms with Crippen molar-refractivity contribution in [3.63, 3.8) is 0 Å². The molecule has 184 valence electrons. The van der Waals surface area contributed by atoms with E-state index >= 15 is 0 Å². The first-order chi connectivity index (χ1) is 16.1. The van der Waals surface area contributed by atoms with Crippen LogP contribution in [-0.4, -0.2) is 47.6 Å². The lowest BCUT2D eigenvalue weighted by molar-refractivity contribution is -0.206. The predicted octanol–water partition coefficient (Wildman–Crippen LogP) is 3.88. The Morgan fingerprint density at radius 3 is 2.59 bits per heavy atom. The molecule has 6 aliphatic rings. The van der Waals surface area contributed by atoms with Gasteiger partial charge in [-0.2, -0.15) is 0 Å². The number of aliphatic hydroxyl groups is 1. The second-order valence-electron chi connectivity index (χ2n) is 12.0. The lowest BCUT2D eigenvalue weighted by Gasteiger charge is -2.57. The quantitative estimate of drug-likeness (QED) is 0.465. The van der Waals surface area contributed by atoms with E-state index in [0.29, 0.717) is 42.8 Å². The van der Waals surface area contributed by atoms with Gasteiger partial charge in [-0.1, -0.05) is 31.2 Å². The summed E-state index contributed by atoms with van der Waals surface area (Å²) < 4.78 is 18.0. The molecule has 2 bridgehead atoms. The zero-order chi connectivity index (χ0) is 24.0. The minimum atomic E-state index is -0.649. The maximum atomic E-state index is 12.5. The summed E-state index contributed by atoms with van der Waals surface area (Å²) in [7, 11) is 0. The van der Waals surface area contributed by atoms with E-state index in [4.69, 9.17) is 14.2 Å². The van der Waals surface area contributed by atoms with Gasteiger partial charge in [0.15, 0.2) is 0 Å². The van der Waals surface area contributed by atoms with Crippen LogP contribution in [0, 0.1) is 35.0 Å². The Morgan fingerprint density at radius 1 is 1.09 bits per heavy atom. The highest BCUT2D eigenvalue weighted by Crippen LogP contribution is 2.65. The minimum absolute atomic E-state index is 0.0701. The number of carbonyl (C=O) groups is 2. The van der Waals surface area contributed by atoms with Crippen LogP contribution in [0.5, 0.6) is 0 Å². The molecule has 0 aromatic rings. The highest BCUT2D eigenvalue weighted by molar-refractivity contribution is 5.91. The Balaban J connectivity index is 1.31. The summed E-state index contributed by atoms with van der Waals surface area (Å²) in [5.41, 5.74) is 1.88. The number of fused-ring (bicyclic) bond motifs is 6. The van der Waals surface area contributed by atoms with Crippen molar-refractivity contribution in [2.45, 2.75) is 83.2 Å². The molecule has 34 heavy (non-hydrogen) atoms. The molecule has 3 aliphatic heterocycles. The zero-order valence-electron chi connectivity index (χ0n) is 20.4. The minimum Gasteiger partial charge on any atom is -0.458 e. The Morgan fingerprint density at radius 2 is 1.82 bits per heavy atom. The molecule has 3 heterocycles. The Kier molecular flexibility index (Phi) is 5.00. The van der Waals surface area contributed by atoms with E-state index in [1.807, 2.05) is 13.0 Å². The molecule has 1 N–H and O–H groups in total. The van der Waals surface area contributed by atoms with Crippen LogP contribution in [0.2, 0.25) is 0 Å². The number of rotatable bonds is 1. The first-order valence-electron chi connectivity index (χ1n) is 12.9. The summed E-state index contributed by atoms with van der Waals surface area (Å²) in [5, 5.41) is 11.7. The average molecular weight is 469 g/mol. The molecule has 6 heteroatoms. The topological polar surface area (TPSA) is 82.1 Å². The van der Waals surface area contributed by atoms with Gasteiger partial charge in [0.1, 0.15) is 17.8 Å². The Bertz CT molecular complexity index is 1010. The summed E-state index contributed by atoms with van der Waals surface area (Å²) in [5.74, 6) is 0.780. The number of aliphatic hydroxyl groups excluding tert-OH is 1. The maximum absolute atomic E-state index is 12.5. The summed E-state index contributed by atoms with van der Waals surface area (Å²) in [6.07, 6.45) is 7.69. The molecule has 10 atom stereocenters. The monoisotopic (exact) mass is 468 g/mol. The smallest absolute Gasteiger partial charge is 0.336 e. The predicted molar refractivity (Wildman–Crippen MR) is 124 cm³/mol. The molecule has 3 aliphatic carbocycles. The van der Waals surface area contributed by atoms with Crippen LogP contribution in [0.4, 0.5) is 0 Å². The molecule has 0 aromatic heterocycles. The molecular formula is C28H36O6. The Labute approximate surface area is 201 Å². The van der Waals surface area contributed by atoms with E-state index in [1.54, 1.807) is 0 Å². The van der Waals surface area contributed by atoms with Gasteiger partial charge in [-0.3, -0.25) is 4.79 Å². The van der Waals surface area contributed by atoms with Crippen molar-refractivity contribution in [3.05, 3.63) is 35.5 Å². The lowest BCUT2D eigenvalue weighted by atomic mass is 9.51. The maximum Gasteiger partial charge on any atom is 0.336 e. The van der Waals surface area contributed by atoms with E-state index in [0.717, 1.165) is 31.3 Å². The van der Waals surface area contributed by atoms with Crippen LogP contribution < -0.4 is 0 Å². The fraction of sp³-hybridized carbons (Fsp3) is 0.714. The molecule has 0 radical (unpaired) electrons. The number of ether oxygens (including phenoxy) is 3. The van der Waals surface area contributed by atoms with Gasteiger partial charge in [-0.25, -0.2) is 4.79 Å². The van der Waals surface area contributed by atoms with Crippen LogP contribution in [-0.2, 0) is 23.8 Å². The van der Waals surface area contributed by atoms with Crippen LogP contribution in [0.15, 0.2) is 35.5 Å². The summed E-state index contributed by atoms with van der Waals surface area (Å²) >= 11 is 0. The SMILES string of the molecule is C=C1C(=O)O[C@@H]2C[C@@]1(C)OC[C@H]2[C@H]1CC[C@H]2[C@@H]3C[C@H]4OC(=O)CC=CC4=C(C)[C@H]3C[C@@H](O)[C@]12C. The van der Waals surface area contributed by atoms with Crippen LogP contribution in [0.1, 0.15) is 59.3 Å². The summed E-state index contributed by atoms with van der Waals surface area (Å²) in [4.78, 5) is 24.7. The second kappa shape index (κ2) is 7.54. The van der Waals surface area contributed by atoms with Crippen molar-refractivity contribution in [1.29, 1.82) is 0 Å². The standard InChI is InChI=1S/C28H36O6/c1-14-16-6-5-7-25(30)33-22(16)10-18-17(14)11-24(29)28(4)20(18)8-9-21(28)19-13-32-27(3)12-23(19)34-26(31)15(27)2/h5-6,17-24,29H,2,7-13H2,1,3-4H3/t17-,18-,19+,20+,21-,22-,23-,24-,27-,28+/m1/s1. The van der Waals surface area contributed by atoms with Crippen molar-refractivity contribution in [2.75, 3.05) is 6.61 Å². The van der Waals surface area contributed by atoms with Gasteiger partial charge >= 0.3 is 11.9 Å². The molecule has 4 fully saturated rings. The number of hydrogen-bond donors (Lipinski definition) is 1. The average Bonchev–Trinajstić information content (AvgIpc) is 3.02. The third kappa shape index (κ3) is 3.00. The van der Waals surface area contributed by atoms with E-state index in [9.17, 15) is 14.7 Å². The molecule has 0 aromatic carbocycles. The molecule has 0 unspecified atom stereocenters. The van der Waals surface area contributed by atoms with E-state index < -0.39 is 11.7 Å². The third-order valence-corrected chi connectivity index (χ3v) is 10.6. The lowest BCUT2D eigenvalue weighted by Crippen LogP contribution is -2.59. The van der Waals surface area contributed by atoms with Gasteiger partial charge in [0.05, 0.1) is 24.7 Å². The molecule has 6 rings (SSSR count). The molecule has 0 spiro atoms. The van der Waals surface area contributed by atoms with Crippen molar-refractivity contribution in [1.82, 2.24) is 0 Å². The molecule has 0 amide bonds. The van der Waals surface area contributed by atoms with E-state index in [2.05, 4.69) is 26.5 Å². The summed E-state index contributed by atoms with van der Waals surface area (Å²) in [6, 6.07) is 0. The fourth-order valence-electron chi connectivity index (χ4n) is 8.68. The normalized spacial score (nSPS) is 50.1. The van der Waals surface area contributed by atoms with Crippen molar-refractivity contribution < 1.29 is 28.9 Å². The first-order valence-corrected chi connectivity index (χ1v) is 12.9. The van der Waals surface area contributed by atoms with Gasteiger partial charge in [-0.05, 0) is 74.2 Å².